The van der Waals surface area contributed by atoms with Crippen molar-refractivity contribution in [3.05, 3.63) is 75.7 Å². The zero-order chi connectivity index (χ0) is 17.8. The second kappa shape index (κ2) is 7.59. The number of carbonyl (C=O) groups is 1. The maximum atomic E-state index is 12.1. The number of benzene rings is 2. The third kappa shape index (κ3) is 4.53. The van der Waals surface area contributed by atoms with Crippen LogP contribution in [0.25, 0.3) is 6.08 Å². The molecule has 1 aliphatic rings. The number of hydrogen-bond donors (Lipinski definition) is 2. The summed E-state index contributed by atoms with van der Waals surface area (Å²) < 4.78 is 0. The standard InChI is InChI=1S/C19H15ClN2O2S/c1-12-7-8-16(23)15(9-12)21-19-22-18(24)17(25-19)11-14(20)10-13-5-3-2-4-6-13/h2-11,23H,1H3,(H,21,22,24)/b14-10-,17-11-. The molecule has 0 spiro atoms. The van der Waals surface area contributed by atoms with Gasteiger partial charge in [-0.05, 0) is 54.1 Å². The lowest BCUT2D eigenvalue weighted by Crippen LogP contribution is -2.19. The number of nitrogens with one attached hydrogen (secondary N) is 1. The van der Waals surface area contributed by atoms with Gasteiger partial charge in [0, 0.05) is 5.03 Å². The van der Waals surface area contributed by atoms with Crippen LogP contribution >= 0.6 is 23.4 Å². The van der Waals surface area contributed by atoms with Gasteiger partial charge in [0.2, 0.25) is 0 Å². The maximum Gasteiger partial charge on any atom is 0.264 e. The monoisotopic (exact) mass is 370 g/mol. The number of halogens is 1. The lowest BCUT2D eigenvalue weighted by atomic mass is 10.2. The van der Waals surface area contributed by atoms with Crippen molar-refractivity contribution >= 4 is 46.2 Å². The van der Waals surface area contributed by atoms with Crippen molar-refractivity contribution in [1.82, 2.24) is 5.32 Å². The van der Waals surface area contributed by atoms with Crippen LogP contribution in [0.1, 0.15) is 11.1 Å². The van der Waals surface area contributed by atoms with Crippen LogP contribution in [0.15, 0.2) is 69.5 Å². The molecule has 0 atom stereocenters. The van der Waals surface area contributed by atoms with Crippen molar-refractivity contribution in [3.8, 4) is 5.75 Å². The molecule has 2 N–H and O–H groups in total. The lowest BCUT2D eigenvalue weighted by Gasteiger charge is -2.01. The SMILES string of the molecule is Cc1ccc(O)c(N=C2NC(=O)/C(=C/C(Cl)=C/c3ccccc3)S2)c1. The molecule has 1 saturated heterocycles. The minimum Gasteiger partial charge on any atom is -0.506 e. The van der Waals surface area contributed by atoms with Crippen molar-refractivity contribution in [2.75, 3.05) is 0 Å². The number of aryl methyl sites for hydroxylation is 1. The Morgan fingerprint density at radius 3 is 2.76 bits per heavy atom. The summed E-state index contributed by atoms with van der Waals surface area (Å²) >= 11 is 7.41. The van der Waals surface area contributed by atoms with Gasteiger partial charge >= 0.3 is 0 Å². The fourth-order valence-corrected chi connectivity index (χ4v) is 3.31. The van der Waals surface area contributed by atoms with Crippen LogP contribution < -0.4 is 5.32 Å². The van der Waals surface area contributed by atoms with Gasteiger partial charge in [-0.1, -0.05) is 48.0 Å². The predicted molar refractivity (Wildman–Crippen MR) is 104 cm³/mol. The van der Waals surface area contributed by atoms with E-state index in [1.165, 1.54) is 11.8 Å². The average Bonchev–Trinajstić information content (AvgIpc) is 2.91. The van der Waals surface area contributed by atoms with Gasteiger partial charge in [0.05, 0.1) is 4.91 Å². The van der Waals surface area contributed by atoms with Crippen molar-refractivity contribution in [2.45, 2.75) is 6.92 Å². The van der Waals surface area contributed by atoms with Gasteiger partial charge in [0.15, 0.2) is 5.17 Å². The van der Waals surface area contributed by atoms with E-state index in [1.54, 1.807) is 30.4 Å². The van der Waals surface area contributed by atoms with Gasteiger partial charge in [0.1, 0.15) is 11.4 Å². The minimum absolute atomic E-state index is 0.0624. The topological polar surface area (TPSA) is 61.7 Å². The summed E-state index contributed by atoms with van der Waals surface area (Å²) in [5.41, 5.74) is 2.33. The van der Waals surface area contributed by atoms with Crippen LogP contribution in [0.2, 0.25) is 0 Å². The van der Waals surface area contributed by atoms with E-state index in [2.05, 4.69) is 10.3 Å². The summed E-state index contributed by atoms with van der Waals surface area (Å²) in [5, 5.41) is 13.4. The highest BCUT2D eigenvalue weighted by Crippen LogP contribution is 2.32. The zero-order valence-electron chi connectivity index (χ0n) is 13.4. The van der Waals surface area contributed by atoms with Crippen LogP contribution in [0.3, 0.4) is 0 Å². The number of aliphatic imine (C=N–C) groups is 1. The second-order valence-electron chi connectivity index (χ2n) is 5.41. The van der Waals surface area contributed by atoms with Gasteiger partial charge < -0.3 is 10.4 Å². The van der Waals surface area contributed by atoms with E-state index in [4.69, 9.17) is 11.6 Å². The number of amidine groups is 1. The molecule has 4 nitrogen and oxygen atoms in total. The summed E-state index contributed by atoms with van der Waals surface area (Å²) in [4.78, 5) is 16.8. The third-order valence-electron chi connectivity index (χ3n) is 3.38. The van der Waals surface area contributed by atoms with E-state index in [1.807, 2.05) is 37.3 Å². The molecule has 6 heteroatoms. The quantitative estimate of drug-likeness (QED) is 0.769. The van der Waals surface area contributed by atoms with Crippen LogP contribution in [-0.2, 0) is 4.79 Å². The van der Waals surface area contributed by atoms with Crippen molar-refractivity contribution < 1.29 is 9.90 Å². The molecule has 25 heavy (non-hydrogen) atoms. The summed E-state index contributed by atoms with van der Waals surface area (Å²) in [6, 6.07) is 14.7. The first-order valence-electron chi connectivity index (χ1n) is 7.53. The smallest absolute Gasteiger partial charge is 0.264 e. The normalized spacial score (nSPS) is 18.0. The molecular formula is C19H15ClN2O2S. The van der Waals surface area contributed by atoms with Gasteiger partial charge in [-0.2, -0.15) is 0 Å². The maximum absolute atomic E-state index is 12.1. The second-order valence-corrected chi connectivity index (χ2v) is 6.88. The Labute approximate surface area is 154 Å². The van der Waals surface area contributed by atoms with Gasteiger partial charge in [-0.25, -0.2) is 4.99 Å². The predicted octanol–water partition coefficient (Wildman–Crippen LogP) is 4.71. The molecule has 2 aromatic carbocycles. The van der Waals surface area contributed by atoms with E-state index < -0.39 is 0 Å². The fraction of sp³-hybridized carbons (Fsp3) is 0.0526. The number of thioether (sulfide) groups is 1. The van der Waals surface area contributed by atoms with E-state index in [-0.39, 0.29) is 11.7 Å². The van der Waals surface area contributed by atoms with E-state index in [0.717, 1.165) is 11.1 Å². The molecule has 1 amide bonds. The highest BCUT2D eigenvalue weighted by molar-refractivity contribution is 8.18. The number of phenolic OH excluding ortho intramolecular Hbond substituents is 1. The van der Waals surface area contributed by atoms with Gasteiger partial charge in [-0.3, -0.25) is 4.79 Å². The first kappa shape index (κ1) is 17.3. The highest BCUT2D eigenvalue weighted by atomic mass is 35.5. The highest BCUT2D eigenvalue weighted by Gasteiger charge is 2.24. The molecule has 1 heterocycles. The number of allylic oxidation sites excluding steroid dienone is 2. The third-order valence-corrected chi connectivity index (χ3v) is 4.50. The van der Waals surface area contributed by atoms with Crippen LogP contribution in [0.5, 0.6) is 5.75 Å². The van der Waals surface area contributed by atoms with Gasteiger partial charge in [-0.15, -0.1) is 0 Å². The number of rotatable bonds is 3. The molecule has 2 aromatic rings. The molecule has 3 rings (SSSR count). The summed E-state index contributed by atoms with van der Waals surface area (Å²) in [5.74, 6) is -0.206. The molecule has 0 radical (unpaired) electrons. The summed E-state index contributed by atoms with van der Waals surface area (Å²) in [6.45, 7) is 1.91. The minimum atomic E-state index is -0.268. The Morgan fingerprint density at radius 1 is 1.24 bits per heavy atom. The summed E-state index contributed by atoms with van der Waals surface area (Å²) in [7, 11) is 0. The Kier molecular flexibility index (Phi) is 5.26. The molecular weight excluding hydrogens is 356 g/mol. The van der Waals surface area contributed by atoms with Crippen LogP contribution in [-0.4, -0.2) is 16.2 Å². The van der Waals surface area contributed by atoms with E-state index >= 15 is 0 Å². The number of amides is 1. The number of phenols is 1. The van der Waals surface area contributed by atoms with E-state index in [0.29, 0.717) is 20.8 Å². The van der Waals surface area contributed by atoms with Crippen molar-refractivity contribution in [3.63, 3.8) is 0 Å². The molecule has 1 aliphatic heterocycles. The molecule has 126 valence electrons. The molecule has 0 aliphatic carbocycles. The lowest BCUT2D eigenvalue weighted by molar-refractivity contribution is -0.115. The van der Waals surface area contributed by atoms with Gasteiger partial charge in [0.25, 0.3) is 5.91 Å². The molecule has 0 unspecified atom stereocenters. The first-order chi connectivity index (χ1) is 12.0. The number of hydrogen-bond acceptors (Lipinski definition) is 4. The van der Waals surface area contributed by atoms with Crippen LogP contribution in [0, 0.1) is 6.92 Å². The van der Waals surface area contributed by atoms with Crippen molar-refractivity contribution in [2.24, 2.45) is 4.99 Å². The fourth-order valence-electron chi connectivity index (χ4n) is 2.19. The first-order valence-corrected chi connectivity index (χ1v) is 8.72. The largest absolute Gasteiger partial charge is 0.506 e. The Hall–Kier alpha value is -2.50. The zero-order valence-corrected chi connectivity index (χ0v) is 14.9. The molecule has 1 fully saturated rings. The Balaban J connectivity index is 1.81. The van der Waals surface area contributed by atoms with E-state index in [9.17, 15) is 9.90 Å². The van der Waals surface area contributed by atoms with Crippen LogP contribution in [0.4, 0.5) is 5.69 Å². The molecule has 0 bridgehead atoms. The number of carbonyl (C=O) groups excluding carboxylic acids is 1. The average molecular weight is 371 g/mol. The molecule has 0 aromatic heterocycles. The Morgan fingerprint density at radius 2 is 2.00 bits per heavy atom. The number of nitrogens with zero attached hydrogens (tertiary/aromatic N) is 1. The number of aromatic hydroxyl groups is 1. The summed E-state index contributed by atoms with van der Waals surface area (Å²) in [6.07, 6.45) is 3.39. The molecule has 0 saturated carbocycles. The Bertz CT molecular complexity index is 905. The van der Waals surface area contributed by atoms with Crippen molar-refractivity contribution in [1.29, 1.82) is 0 Å².